The molecule has 2 fully saturated rings. The van der Waals surface area contributed by atoms with Crippen LogP contribution in [0.5, 0.6) is 0 Å². The first kappa shape index (κ1) is 16.2. The second-order valence-electron chi connectivity index (χ2n) is 6.75. The maximum atomic E-state index is 11.8. The van der Waals surface area contributed by atoms with Crippen LogP contribution in [0.1, 0.15) is 33.1 Å². The van der Waals surface area contributed by atoms with Gasteiger partial charge in [0.05, 0.1) is 23.7 Å². The van der Waals surface area contributed by atoms with Gasteiger partial charge < -0.3 is 19.3 Å². The molecule has 0 saturated carbocycles. The van der Waals surface area contributed by atoms with Crippen LogP contribution in [0.2, 0.25) is 0 Å². The van der Waals surface area contributed by atoms with Crippen molar-refractivity contribution in [2.24, 2.45) is 5.92 Å². The topological polar surface area (TPSA) is 85.4 Å². The number of hydrogen-bond acceptors (Lipinski definition) is 6. The van der Waals surface area contributed by atoms with Crippen LogP contribution < -0.4 is 0 Å². The molecule has 2 aliphatic heterocycles. The summed E-state index contributed by atoms with van der Waals surface area (Å²) < 4.78 is 16.2. The average Bonchev–Trinajstić information content (AvgIpc) is 3.01. The van der Waals surface area contributed by atoms with Crippen LogP contribution in [0.15, 0.2) is 23.8 Å². The molecule has 2 saturated heterocycles. The fourth-order valence-electron chi connectivity index (χ4n) is 3.54. The Kier molecular flexibility index (Phi) is 4.06. The van der Waals surface area contributed by atoms with E-state index in [9.17, 15) is 14.7 Å². The fraction of sp³-hybridized carbons (Fsp3) is 0.647. The number of aliphatic hydroxyl groups is 1. The summed E-state index contributed by atoms with van der Waals surface area (Å²) >= 11 is 0. The first-order valence-corrected chi connectivity index (χ1v) is 7.89. The highest BCUT2D eigenvalue weighted by Gasteiger charge is 2.56. The van der Waals surface area contributed by atoms with E-state index < -0.39 is 24.1 Å². The smallest absolute Gasteiger partial charge is 0.334 e. The predicted octanol–water partition coefficient (Wildman–Crippen LogP) is 1.28. The van der Waals surface area contributed by atoms with Gasteiger partial charge in [-0.25, -0.2) is 4.79 Å². The number of rotatable bonds is 2. The third kappa shape index (κ3) is 3.19. The van der Waals surface area contributed by atoms with E-state index in [0.29, 0.717) is 12.8 Å². The van der Waals surface area contributed by atoms with Crippen LogP contribution in [0.4, 0.5) is 0 Å². The number of aliphatic hydroxyl groups excluding tert-OH is 1. The minimum absolute atomic E-state index is 0.0895. The number of esters is 2. The van der Waals surface area contributed by atoms with E-state index in [0.717, 1.165) is 12.0 Å². The highest BCUT2D eigenvalue weighted by Crippen LogP contribution is 2.47. The average molecular weight is 322 g/mol. The van der Waals surface area contributed by atoms with Gasteiger partial charge in [-0.1, -0.05) is 12.7 Å². The van der Waals surface area contributed by atoms with Gasteiger partial charge in [0.15, 0.2) is 0 Å². The highest BCUT2D eigenvalue weighted by atomic mass is 16.6. The van der Waals surface area contributed by atoms with E-state index >= 15 is 0 Å². The number of ether oxygens (including phenoxy) is 3. The first-order valence-electron chi connectivity index (χ1n) is 7.89. The second-order valence-corrected chi connectivity index (χ2v) is 6.75. The van der Waals surface area contributed by atoms with Gasteiger partial charge in [-0.05, 0) is 25.3 Å². The first-order chi connectivity index (χ1) is 10.8. The summed E-state index contributed by atoms with van der Waals surface area (Å²) in [6.45, 7) is 7.24. The van der Waals surface area contributed by atoms with E-state index in [-0.39, 0.29) is 29.9 Å². The number of hydrogen-bond donors (Lipinski definition) is 1. The standard InChI is InChI=1S/C17H22O6/c1-9-15-12(19)6-11(8-21-10(2)18)4-5-14-17(3,23-14)7-13(15)22-16(9)20/h6,12-15,19H,1,4-5,7-8H2,2-3H3/b11-6+/t12-,13+,14-,15+,17-/m1/s1. The quantitative estimate of drug-likeness (QED) is 0.357. The molecule has 3 rings (SSSR count). The van der Waals surface area contributed by atoms with Gasteiger partial charge in [0.2, 0.25) is 0 Å². The molecular formula is C17H22O6. The zero-order chi connectivity index (χ0) is 16.8. The Balaban J connectivity index is 1.85. The van der Waals surface area contributed by atoms with E-state index in [1.165, 1.54) is 6.92 Å². The van der Waals surface area contributed by atoms with E-state index in [4.69, 9.17) is 14.2 Å². The van der Waals surface area contributed by atoms with Crippen molar-refractivity contribution in [3.05, 3.63) is 23.8 Å². The Hall–Kier alpha value is -1.66. The monoisotopic (exact) mass is 322 g/mol. The van der Waals surface area contributed by atoms with Gasteiger partial charge in [-0.2, -0.15) is 0 Å². The lowest BCUT2D eigenvalue weighted by Crippen LogP contribution is -2.33. The molecule has 2 heterocycles. The molecule has 3 aliphatic rings. The molecule has 0 spiro atoms. The molecule has 1 aliphatic carbocycles. The molecule has 0 aromatic rings. The Morgan fingerprint density at radius 2 is 2.30 bits per heavy atom. The zero-order valence-corrected chi connectivity index (χ0v) is 13.4. The summed E-state index contributed by atoms with van der Waals surface area (Å²) in [6.07, 6.45) is 2.42. The molecule has 5 atom stereocenters. The Morgan fingerprint density at radius 1 is 1.57 bits per heavy atom. The van der Waals surface area contributed by atoms with Crippen LogP contribution in [0.3, 0.4) is 0 Å². The van der Waals surface area contributed by atoms with Crippen LogP contribution in [-0.2, 0) is 23.8 Å². The number of epoxide rings is 1. The molecule has 0 aromatic carbocycles. The van der Waals surface area contributed by atoms with Crippen molar-refractivity contribution in [1.82, 2.24) is 0 Å². The van der Waals surface area contributed by atoms with Gasteiger partial charge >= 0.3 is 11.9 Å². The van der Waals surface area contributed by atoms with Gasteiger partial charge in [-0.15, -0.1) is 0 Å². The van der Waals surface area contributed by atoms with E-state index in [2.05, 4.69) is 6.58 Å². The molecule has 1 N–H and O–H groups in total. The predicted molar refractivity (Wildman–Crippen MR) is 80.4 cm³/mol. The maximum Gasteiger partial charge on any atom is 0.334 e. The third-order valence-electron chi connectivity index (χ3n) is 4.93. The highest BCUT2D eigenvalue weighted by molar-refractivity contribution is 5.91. The van der Waals surface area contributed by atoms with Crippen LogP contribution in [0, 0.1) is 5.92 Å². The minimum Gasteiger partial charge on any atom is -0.461 e. The molecule has 0 unspecified atom stereocenters. The maximum absolute atomic E-state index is 11.8. The summed E-state index contributed by atoms with van der Waals surface area (Å²) in [6, 6.07) is 0. The summed E-state index contributed by atoms with van der Waals surface area (Å²) in [5.41, 5.74) is 0.766. The number of carbonyl (C=O) groups excluding carboxylic acids is 2. The Bertz CT molecular complexity index is 580. The van der Waals surface area contributed by atoms with Crippen molar-refractivity contribution in [1.29, 1.82) is 0 Å². The number of carbonyl (C=O) groups is 2. The summed E-state index contributed by atoms with van der Waals surface area (Å²) in [5, 5.41) is 10.6. The molecule has 0 aromatic heterocycles. The van der Waals surface area contributed by atoms with Crippen molar-refractivity contribution in [2.45, 2.75) is 57.0 Å². The Labute approximate surface area is 135 Å². The van der Waals surface area contributed by atoms with Gasteiger partial charge in [-0.3, -0.25) is 4.79 Å². The van der Waals surface area contributed by atoms with Crippen molar-refractivity contribution in [3.8, 4) is 0 Å². The Morgan fingerprint density at radius 3 is 3.00 bits per heavy atom. The molecule has 6 nitrogen and oxygen atoms in total. The SMILES string of the molecule is C=C1C(=O)O[C@H]2C[C@@]3(C)O[C@@H]3CC/C(COC(C)=O)=C\[C@@H](O)[C@H]12. The fourth-order valence-corrected chi connectivity index (χ4v) is 3.54. The molecule has 0 radical (unpaired) electrons. The van der Waals surface area contributed by atoms with E-state index in [1.807, 2.05) is 6.92 Å². The van der Waals surface area contributed by atoms with Crippen LogP contribution in [0.25, 0.3) is 0 Å². The summed E-state index contributed by atoms with van der Waals surface area (Å²) in [5.74, 6) is -1.32. The lowest BCUT2D eigenvalue weighted by atomic mass is 9.83. The van der Waals surface area contributed by atoms with Gasteiger partial charge in [0.25, 0.3) is 0 Å². The van der Waals surface area contributed by atoms with Crippen LogP contribution in [-0.4, -0.2) is 47.6 Å². The molecule has 126 valence electrons. The third-order valence-corrected chi connectivity index (χ3v) is 4.93. The molecule has 6 heteroatoms. The molecule has 0 amide bonds. The molecule has 0 bridgehead atoms. The lowest BCUT2D eigenvalue weighted by molar-refractivity contribution is -0.141. The van der Waals surface area contributed by atoms with Crippen molar-refractivity contribution in [2.75, 3.05) is 6.61 Å². The van der Waals surface area contributed by atoms with Gasteiger partial charge in [0.1, 0.15) is 12.7 Å². The van der Waals surface area contributed by atoms with Crippen molar-refractivity contribution >= 4 is 11.9 Å². The zero-order valence-electron chi connectivity index (χ0n) is 13.4. The molecular weight excluding hydrogens is 300 g/mol. The summed E-state index contributed by atoms with van der Waals surface area (Å²) in [4.78, 5) is 22.9. The normalized spacial score (nSPS) is 42.0. The molecule has 23 heavy (non-hydrogen) atoms. The largest absolute Gasteiger partial charge is 0.461 e. The minimum atomic E-state index is -0.900. The number of fused-ring (bicyclic) bond motifs is 2. The van der Waals surface area contributed by atoms with Crippen molar-refractivity contribution < 1.29 is 28.9 Å². The van der Waals surface area contributed by atoms with Crippen molar-refractivity contribution in [3.63, 3.8) is 0 Å². The second kappa shape index (κ2) is 5.76. The van der Waals surface area contributed by atoms with Crippen LogP contribution >= 0.6 is 0 Å². The van der Waals surface area contributed by atoms with E-state index in [1.54, 1.807) is 6.08 Å². The van der Waals surface area contributed by atoms with Gasteiger partial charge in [0, 0.05) is 18.9 Å². The lowest BCUT2D eigenvalue weighted by Gasteiger charge is -2.24. The summed E-state index contributed by atoms with van der Waals surface area (Å²) in [7, 11) is 0.